The highest BCUT2D eigenvalue weighted by molar-refractivity contribution is 7.93. The molecule has 27 heavy (non-hydrogen) atoms. The first-order chi connectivity index (χ1) is 12.9. The number of hydrogen-bond acceptors (Lipinski definition) is 5. The largest absolute Gasteiger partial charge is 0.377 e. The van der Waals surface area contributed by atoms with E-state index in [1.807, 2.05) is 6.92 Å². The SMILES string of the molecule is CCC(=O)N1CCn2ncc(S(C)(=O)=NC(=O)[C@]34CCC[C@H]3OCC4)c2C1. The molecule has 148 valence electrons. The van der Waals surface area contributed by atoms with Gasteiger partial charge in [0.15, 0.2) is 0 Å². The zero-order valence-electron chi connectivity index (χ0n) is 15.8. The smallest absolute Gasteiger partial charge is 0.262 e. The van der Waals surface area contributed by atoms with Crippen LogP contribution in [0.5, 0.6) is 0 Å². The number of hydrogen-bond donors (Lipinski definition) is 0. The zero-order chi connectivity index (χ0) is 19.2. The molecule has 1 saturated carbocycles. The van der Waals surface area contributed by atoms with Gasteiger partial charge in [0.25, 0.3) is 5.91 Å². The molecule has 2 aliphatic heterocycles. The molecule has 3 atom stereocenters. The van der Waals surface area contributed by atoms with E-state index in [9.17, 15) is 13.8 Å². The van der Waals surface area contributed by atoms with E-state index in [4.69, 9.17) is 4.74 Å². The fourth-order valence-electron chi connectivity index (χ4n) is 4.58. The van der Waals surface area contributed by atoms with Gasteiger partial charge in [0.2, 0.25) is 5.91 Å². The van der Waals surface area contributed by atoms with Crippen LogP contribution in [0.15, 0.2) is 15.5 Å². The molecule has 3 heterocycles. The Morgan fingerprint density at radius 1 is 1.41 bits per heavy atom. The predicted molar refractivity (Wildman–Crippen MR) is 98.3 cm³/mol. The molecular weight excluding hydrogens is 368 g/mol. The Labute approximate surface area is 159 Å². The fraction of sp³-hybridized carbons (Fsp3) is 0.722. The van der Waals surface area contributed by atoms with Crippen LogP contribution < -0.4 is 0 Å². The molecule has 2 fully saturated rings. The van der Waals surface area contributed by atoms with Crippen LogP contribution in [0, 0.1) is 5.41 Å². The van der Waals surface area contributed by atoms with Crippen LogP contribution in [0.2, 0.25) is 0 Å². The molecule has 0 bridgehead atoms. The van der Waals surface area contributed by atoms with E-state index in [1.54, 1.807) is 15.8 Å². The zero-order valence-corrected chi connectivity index (χ0v) is 16.7. The van der Waals surface area contributed by atoms with Gasteiger partial charge < -0.3 is 9.64 Å². The van der Waals surface area contributed by atoms with Gasteiger partial charge in [-0.25, -0.2) is 4.21 Å². The van der Waals surface area contributed by atoms with Gasteiger partial charge in [-0.3, -0.25) is 14.3 Å². The Balaban J connectivity index is 1.66. The van der Waals surface area contributed by atoms with Crippen molar-refractivity contribution in [2.75, 3.05) is 19.4 Å². The van der Waals surface area contributed by atoms with E-state index in [-0.39, 0.29) is 17.9 Å². The van der Waals surface area contributed by atoms with Gasteiger partial charge in [0.05, 0.1) is 51.1 Å². The molecule has 1 aromatic rings. The van der Waals surface area contributed by atoms with Crippen LogP contribution in [-0.2, 0) is 37.1 Å². The second-order valence-electron chi connectivity index (χ2n) is 7.70. The van der Waals surface area contributed by atoms with Gasteiger partial charge in [0.1, 0.15) is 0 Å². The van der Waals surface area contributed by atoms with Crippen molar-refractivity contribution in [1.82, 2.24) is 14.7 Å². The summed E-state index contributed by atoms with van der Waals surface area (Å²) in [6.07, 6.45) is 6.59. The quantitative estimate of drug-likeness (QED) is 0.776. The van der Waals surface area contributed by atoms with Gasteiger partial charge in [-0.1, -0.05) is 6.92 Å². The van der Waals surface area contributed by atoms with Crippen LogP contribution in [0.4, 0.5) is 0 Å². The molecule has 3 aliphatic rings. The highest BCUT2D eigenvalue weighted by Gasteiger charge is 2.53. The fourth-order valence-corrected chi connectivity index (χ4v) is 6.02. The van der Waals surface area contributed by atoms with Gasteiger partial charge in [-0.15, -0.1) is 0 Å². The lowest BCUT2D eigenvalue weighted by Gasteiger charge is -2.28. The molecular formula is C18H26N4O4S. The lowest BCUT2D eigenvalue weighted by Crippen LogP contribution is -2.38. The van der Waals surface area contributed by atoms with Gasteiger partial charge in [-0.05, 0) is 25.7 Å². The minimum absolute atomic E-state index is 0.0554. The van der Waals surface area contributed by atoms with E-state index in [1.165, 1.54) is 6.26 Å². The number of ether oxygens (including phenoxy) is 1. The first-order valence-electron chi connectivity index (χ1n) is 9.58. The minimum atomic E-state index is -2.95. The summed E-state index contributed by atoms with van der Waals surface area (Å²) in [5.41, 5.74) is 0.117. The third kappa shape index (κ3) is 3.00. The Morgan fingerprint density at radius 3 is 3.00 bits per heavy atom. The maximum Gasteiger partial charge on any atom is 0.262 e. The van der Waals surface area contributed by atoms with Crippen LogP contribution in [-0.4, -0.2) is 56.2 Å². The molecule has 1 aromatic heterocycles. The Morgan fingerprint density at radius 2 is 2.22 bits per heavy atom. The Kier molecular flexibility index (Phi) is 4.62. The molecule has 0 radical (unpaired) electrons. The van der Waals surface area contributed by atoms with E-state index in [0.717, 1.165) is 25.0 Å². The summed E-state index contributed by atoms with van der Waals surface area (Å²) in [5.74, 6) is -0.243. The third-order valence-electron chi connectivity index (χ3n) is 6.15. The number of rotatable bonds is 3. The maximum absolute atomic E-state index is 13.4. The van der Waals surface area contributed by atoms with Crippen molar-refractivity contribution in [3.05, 3.63) is 11.9 Å². The summed E-state index contributed by atoms with van der Waals surface area (Å²) in [6.45, 7) is 3.89. The summed E-state index contributed by atoms with van der Waals surface area (Å²) in [6, 6.07) is 0. The third-order valence-corrected chi connectivity index (χ3v) is 7.82. The molecule has 0 N–H and O–H groups in total. The van der Waals surface area contributed by atoms with E-state index >= 15 is 0 Å². The molecule has 1 unspecified atom stereocenters. The normalized spacial score (nSPS) is 29.1. The lowest BCUT2D eigenvalue weighted by atomic mass is 9.82. The molecule has 4 rings (SSSR count). The topological polar surface area (TPSA) is 93.9 Å². The second kappa shape index (κ2) is 6.70. The van der Waals surface area contributed by atoms with Gasteiger partial charge >= 0.3 is 0 Å². The van der Waals surface area contributed by atoms with Crippen LogP contribution in [0.25, 0.3) is 0 Å². The standard InChI is InChI=1S/C18H26N4O4S/c1-3-16(23)21-8-9-22-13(12-21)14(11-19-22)27(2,25)20-17(24)18-6-4-5-15(18)26-10-7-18/h11,15H,3-10,12H2,1-2H3/t15-,18+,27?/m1/s1. The van der Waals surface area contributed by atoms with Crippen LogP contribution in [0.1, 0.15) is 44.7 Å². The Hall–Kier alpha value is -1.74. The first kappa shape index (κ1) is 18.6. The van der Waals surface area contributed by atoms with Crippen molar-refractivity contribution in [1.29, 1.82) is 0 Å². The monoisotopic (exact) mass is 394 g/mol. The van der Waals surface area contributed by atoms with Crippen molar-refractivity contribution >= 4 is 21.5 Å². The molecule has 0 aromatic carbocycles. The highest BCUT2D eigenvalue weighted by atomic mass is 32.2. The summed E-state index contributed by atoms with van der Waals surface area (Å²) < 4.78 is 25.1. The average Bonchev–Trinajstić information content (AvgIpc) is 3.33. The van der Waals surface area contributed by atoms with Crippen molar-refractivity contribution in [3.63, 3.8) is 0 Å². The highest BCUT2D eigenvalue weighted by Crippen LogP contribution is 2.48. The summed E-state index contributed by atoms with van der Waals surface area (Å²) in [5, 5.41) is 4.32. The van der Waals surface area contributed by atoms with Crippen LogP contribution in [0.3, 0.4) is 0 Å². The Bertz CT molecular complexity index is 889. The van der Waals surface area contributed by atoms with Gasteiger partial charge in [0, 0.05) is 25.8 Å². The molecule has 0 spiro atoms. The molecule has 8 nitrogen and oxygen atoms in total. The number of nitrogens with zero attached hydrogens (tertiary/aromatic N) is 4. The lowest BCUT2D eigenvalue weighted by molar-refractivity contribution is -0.132. The summed E-state index contributed by atoms with van der Waals surface area (Å²) in [4.78, 5) is 27.3. The number of fused-ring (bicyclic) bond motifs is 2. The van der Waals surface area contributed by atoms with E-state index in [0.29, 0.717) is 44.0 Å². The first-order valence-corrected chi connectivity index (χ1v) is 11.5. The average molecular weight is 394 g/mol. The number of amides is 2. The number of aromatic nitrogens is 2. The second-order valence-corrected chi connectivity index (χ2v) is 9.93. The minimum Gasteiger partial charge on any atom is -0.377 e. The molecule has 1 aliphatic carbocycles. The summed E-state index contributed by atoms with van der Waals surface area (Å²) in [7, 11) is -2.95. The van der Waals surface area contributed by atoms with Crippen molar-refractivity contribution in [2.24, 2.45) is 9.78 Å². The maximum atomic E-state index is 13.4. The molecule has 9 heteroatoms. The number of carbonyl (C=O) groups excluding carboxylic acids is 2. The molecule has 2 amide bonds. The van der Waals surface area contributed by atoms with Crippen molar-refractivity contribution < 1.29 is 18.5 Å². The number of carbonyl (C=O) groups is 2. The summed E-state index contributed by atoms with van der Waals surface area (Å²) >= 11 is 0. The van der Waals surface area contributed by atoms with Crippen LogP contribution >= 0.6 is 0 Å². The molecule has 1 saturated heterocycles. The van der Waals surface area contributed by atoms with E-state index in [2.05, 4.69) is 9.46 Å². The van der Waals surface area contributed by atoms with E-state index < -0.39 is 15.1 Å². The predicted octanol–water partition coefficient (Wildman–Crippen LogP) is 1.58. The van der Waals surface area contributed by atoms with Crippen molar-refractivity contribution in [3.8, 4) is 0 Å². The van der Waals surface area contributed by atoms with Crippen molar-refractivity contribution in [2.45, 2.75) is 63.1 Å². The van der Waals surface area contributed by atoms with Gasteiger partial charge in [-0.2, -0.15) is 9.46 Å².